The third kappa shape index (κ3) is 38.0. The molecule has 0 unspecified atom stereocenters. The SMILES string of the molecule is CCCN.CC[N+](=O)[O-]. The highest BCUT2D eigenvalue weighted by Crippen LogP contribution is 1.57. The van der Waals surface area contributed by atoms with E-state index in [1.807, 2.05) is 0 Å². The maximum absolute atomic E-state index is 9.17. The number of nitrogens with zero attached hydrogens (tertiary/aromatic N) is 1. The van der Waals surface area contributed by atoms with Crippen LogP contribution in [0.2, 0.25) is 0 Å². The Morgan fingerprint density at radius 3 is 1.78 bits per heavy atom. The van der Waals surface area contributed by atoms with E-state index in [0.717, 1.165) is 13.0 Å². The van der Waals surface area contributed by atoms with Crippen LogP contribution >= 0.6 is 0 Å². The first-order valence-electron chi connectivity index (χ1n) is 3.00. The van der Waals surface area contributed by atoms with Crippen LogP contribution < -0.4 is 5.73 Å². The fourth-order valence-corrected chi connectivity index (χ4v) is 0. The van der Waals surface area contributed by atoms with Crippen LogP contribution in [0.1, 0.15) is 20.3 Å². The molecule has 0 saturated carbocycles. The van der Waals surface area contributed by atoms with E-state index in [9.17, 15) is 10.1 Å². The molecule has 4 heteroatoms. The average molecular weight is 134 g/mol. The molecule has 4 nitrogen and oxygen atoms in total. The van der Waals surface area contributed by atoms with Gasteiger partial charge in [0.15, 0.2) is 0 Å². The van der Waals surface area contributed by atoms with Crippen molar-refractivity contribution in [2.45, 2.75) is 20.3 Å². The molecule has 0 radical (unpaired) electrons. The number of nitro groups is 1. The summed E-state index contributed by atoms with van der Waals surface area (Å²) in [5.74, 6) is 0. The lowest BCUT2D eigenvalue weighted by Gasteiger charge is -1.73. The molecule has 0 aromatic heterocycles. The van der Waals surface area contributed by atoms with Gasteiger partial charge >= 0.3 is 0 Å². The van der Waals surface area contributed by atoms with Gasteiger partial charge in [-0.1, -0.05) is 6.92 Å². The van der Waals surface area contributed by atoms with Gasteiger partial charge in [-0.2, -0.15) is 0 Å². The first kappa shape index (κ1) is 11.2. The van der Waals surface area contributed by atoms with E-state index in [-0.39, 0.29) is 11.5 Å². The number of nitrogens with two attached hydrogens (primary N) is 1. The molecule has 0 fully saturated rings. The van der Waals surface area contributed by atoms with Gasteiger partial charge in [-0.25, -0.2) is 0 Å². The molecule has 0 aromatic rings. The van der Waals surface area contributed by atoms with E-state index >= 15 is 0 Å². The van der Waals surface area contributed by atoms with Crippen LogP contribution in [0.15, 0.2) is 0 Å². The summed E-state index contributed by atoms with van der Waals surface area (Å²) >= 11 is 0. The molecule has 0 amide bonds. The molecule has 0 saturated heterocycles. The fourth-order valence-electron chi connectivity index (χ4n) is 0. The summed E-state index contributed by atoms with van der Waals surface area (Å²) < 4.78 is 0. The Balaban J connectivity index is 0. The minimum absolute atomic E-state index is 0.0278. The lowest BCUT2D eigenvalue weighted by Crippen LogP contribution is -1.93. The lowest BCUT2D eigenvalue weighted by molar-refractivity contribution is -0.475. The van der Waals surface area contributed by atoms with Gasteiger partial charge in [0.05, 0.1) is 0 Å². The van der Waals surface area contributed by atoms with Gasteiger partial charge in [-0.15, -0.1) is 0 Å². The van der Waals surface area contributed by atoms with Crippen LogP contribution in [0.5, 0.6) is 0 Å². The Kier molecular flexibility index (Phi) is 12.9. The van der Waals surface area contributed by atoms with Crippen LogP contribution in [0.4, 0.5) is 0 Å². The number of rotatable bonds is 2. The number of hydrogen-bond acceptors (Lipinski definition) is 3. The highest BCUT2D eigenvalue weighted by Gasteiger charge is 1.76. The summed E-state index contributed by atoms with van der Waals surface area (Å²) in [5.41, 5.74) is 5.03. The molecule has 9 heavy (non-hydrogen) atoms. The smallest absolute Gasteiger partial charge is 0.201 e. The molecular weight excluding hydrogens is 120 g/mol. The molecule has 0 atom stereocenters. The van der Waals surface area contributed by atoms with Crippen molar-refractivity contribution in [2.75, 3.05) is 13.1 Å². The zero-order valence-corrected chi connectivity index (χ0v) is 5.96. The predicted octanol–water partition coefficient (Wildman–Crippen LogP) is 0.638. The second-order valence-electron chi connectivity index (χ2n) is 1.44. The Bertz CT molecular complexity index is 64.0. The molecule has 0 bridgehead atoms. The van der Waals surface area contributed by atoms with Gasteiger partial charge in [-0.3, -0.25) is 10.1 Å². The minimum atomic E-state index is -0.375. The van der Waals surface area contributed by atoms with Crippen molar-refractivity contribution in [2.24, 2.45) is 5.73 Å². The van der Waals surface area contributed by atoms with E-state index < -0.39 is 0 Å². The molecule has 56 valence electrons. The Hall–Kier alpha value is -0.640. The first-order valence-corrected chi connectivity index (χ1v) is 3.00. The van der Waals surface area contributed by atoms with Crippen LogP contribution in [0.25, 0.3) is 0 Å². The second kappa shape index (κ2) is 10.4. The van der Waals surface area contributed by atoms with E-state index in [0.29, 0.717) is 0 Å². The average Bonchev–Trinajstić information content (AvgIpc) is 1.89. The summed E-state index contributed by atoms with van der Waals surface area (Å²) in [7, 11) is 0. The van der Waals surface area contributed by atoms with Gasteiger partial charge in [0.25, 0.3) is 0 Å². The van der Waals surface area contributed by atoms with Crippen LogP contribution in [-0.4, -0.2) is 18.0 Å². The maximum Gasteiger partial charge on any atom is 0.201 e. The third-order valence-electron chi connectivity index (χ3n) is 0.547. The van der Waals surface area contributed by atoms with E-state index in [4.69, 9.17) is 5.73 Å². The third-order valence-corrected chi connectivity index (χ3v) is 0.547. The van der Waals surface area contributed by atoms with Crippen molar-refractivity contribution in [3.63, 3.8) is 0 Å². The zero-order valence-electron chi connectivity index (χ0n) is 5.96. The second-order valence-corrected chi connectivity index (χ2v) is 1.44. The monoisotopic (exact) mass is 134 g/mol. The zero-order chi connectivity index (χ0) is 7.70. The largest absolute Gasteiger partial charge is 0.330 e. The van der Waals surface area contributed by atoms with Crippen molar-refractivity contribution in [3.8, 4) is 0 Å². The predicted molar refractivity (Wildman–Crippen MR) is 36.9 cm³/mol. The summed E-state index contributed by atoms with van der Waals surface area (Å²) in [6, 6.07) is 0. The van der Waals surface area contributed by atoms with Gasteiger partial charge in [0.1, 0.15) is 0 Å². The maximum atomic E-state index is 9.17. The number of hydrogen-bond donors (Lipinski definition) is 1. The highest BCUT2D eigenvalue weighted by molar-refractivity contribution is 4.19. The molecular formula is C5H14N2O2. The Morgan fingerprint density at radius 2 is 1.78 bits per heavy atom. The molecule has 2 N–H and O–H groups in total. The molecule has 0 aliphatic heterocycles. The van der Waals surface area contributed by atoms with Crippen molar-refractivity contribution < 1.29 is 4.92 Å². The van der Waals surface area contributed by atoms with Crippen LogP contribution in [0, 0.1) is 10.1 Å². The molecule has 0 aliphatic rings. The molecule has 0 heterocycles. The van der Waals surface area contributed by atoms with Gasteiger partial charge < -0.3 is 5.73 Å². The Labute approximate surface area is 55.2 Å². The molecule has 0 spiro atoms. The van der Waals surface area contributed by atoms with Gasteiger partial charge in [-0.05, 0) is 13.0 Å². The first-order chi connectivity index (χ1) is 4.18. The molecule has 0 aromatic carbocycles. The fraction of sp³-hybridized carbons (Fsp3) is 1.00. The minimum Gasteiger partial charge on any atom is -0.330 e. The van der Waals surface area contributed by atoms with Crippen LogP contribution in [0.3, 0.4) is 0 Å². The Morgan fingerprint density at radius 1 is 1.56 bits per heavy atom. The van der Waals surface area contributed by atoms with E-state index in [2.05, 4.69) is 6.92 Å². The summed E-state index contributed by atoms with van der Waals surface area (Å²) in [4.78, 5) is 8.80. The molecule has 0 rings (SSSR count). The van der Waals surface area contributed by atoms with E-state index in [1.54, 1.807) is 0 Å². The summed E-state index contributed by atoms with van der Waals surface area (Å²) in [5, 5.41) is 9.17. The summed E-state index contributed by atoms with van der Waals surface area (Å²) in [6.07, 6.45) is 1.10. The quantitative estimate of drug-likeness (QED) is 0.445. The standard InChI is InChI=1S/C3H9N.C2H5NO2/c1-2-3-4;1-2-3(4)5/h2-4H2,1H3;2H2,1H3. The summed E-state index contributed by atoms with van der Waals surface area (Å²) in [6.45, 7) is 4.40. The normalized spacial score (nSPS) is 7.44. The van der Waals surface area contributed by atoms with Crippen molar-refractivity contribution >= 4 is 0 Å². The highest BCUT2D eigenvalue weighted by atomic mass is 16.6. The van der Waals surface area contributed by atoms with Crippen molar-refractivity contribution in [3.05, 3.63) is 10.1 Å². The lowest BCUT2D eigenvalue weighted by atomic mass is 10.5. The molecule has 0 aliphatic carbocycles. The van der Waals surface area contributed by atoms with Gasteiger partial charge in [0.2, 0.25) is 6.54 Å². The van der Waals surface area contributed by atoms with Gasteiger partial charge in [0, 0.05) is 11.8 Å². The van der Waals surface area contributed by atoms with Crippen LogP contribution in [-0.2, 0) is 0 Å². The van der Waals surface area contributed by atoms with E-state index in [1.165, 1.54) is 6.92 Å². The topological polar surface area (TPSA) is 69.2 Å². The van der Waals surface area contributed by atoms with Crippen molar-refractivity contribution in [1.29, 1.82) is 0 Å². The van der Waals surface area contributed by atoms with Crippen molar-refractivity contribution in [1.82, 2.24) is 0 Å².